The van der Waals surface area contributed by atoms with Gasteiger partial charge in [-0.25, -0.2) is 4.98 Å². The number of piperazine rings is 1. The predicted octanol–water partition coefficient (Wildman–Crippen LogP) is 4.76. The predicted molar refractivity (Wildman–Crippen MR) is 121 cm³/mol. The maximum absolute atomic E-state index is 4.91. The fraction of sp³-hybridized carbons (Fsp3) is 0.333. The van der Waals surface area contributed by atoms with Crippen molar-refractivity contribution in [3.63, 3.8) is 0 Å². The first-order valence-electron chi connectivity index (χ1n) is 10.3. The van der Waals surface area contributed by atoms with Gasteiger partial charge in [0.2, 0.25) is 5.95 Å². The van der Waals surface area contributed by atoms with E-state index in [1.54, 1.807) is 0 Å². The topological polar surface area (TPSA) is 44.3 Å². The zero-order chi connectivity index (χ0) is 20.2. The fourth-order valence-corrected chi connectivity index (χ4v) is 3.66. The Labute approximate surface area is 173 Å². The van der Waals surface area contributed by atoms with E-state index >= 15 is 0 Å². The molecule has 0 saturated carbocycles. The Morgan fingerprint density at radius 2 is 1.55 bits per heavy atom. The van der Waals surface area contributed by atoms with Gasteiger partial charge < -0.3 is 15.1 Å². The van der Waals surface area contributed by atoms with Crippen LogP contribution in [-0.4, -0.2) is 48.1 Å². The molecule has 5 nitrogen and oxygen atoms in total. The Morgan fingerprint density at radius 1 is 0.862 bits per heavy atom. The Morgan fingerprint density at radius 3 is 2.28 bits per heavy atom. The molecule has 4 rings (SSSR count). The van der Waals surface area contributed by atoms with Gasteiger partial charge in [-0.3, -0.25) is 0 Å². The summed E-state index contributed by atoms with van der Waals surface area (Å²) in [4.78, 5) is 14.4. The van der Waals surface area contributed by atoms with Crippen LogP contribution >= 0.6 is 0 Å². The molecule has 2 aromatic carbocycles. The molecule has 3 aromatic rings. The van der Waals surface area contributed by atoms with Crippen LogP contribution in [0.15, 0.2) is 60.7 Å². The van der Waals surface area contributed by atoms with Crippen LogP contribution in [0.5, 0.6) is 0 Å². The number of benzene rings is 2. The number of nitrogens with zero attached hydrogens (tertiary/aromatic N) is 4. The standard InChI is InChI=1S/C24H29N5/c1-18(2)20-11-7-8-12-21(20)25-23-17-22(19-9-5-4-6-10-19)26-24(27-23)29-15-13-28(3)14-16-29/h4-12,17-18H,13-16H2,1-3H3,(H,25,26,27). The van der Waals surface area contributed by atoms with Gasteiger partial charge in [0, 0.05) is 43.5 Å². The van der Waals surface area contributed by atoms with Crippen LogP contribution in [0.25, 0.3) is 11.3 Å². The third-order valence-corrected chi connectivity index (χ3v) is 5.42. The molecule has 1 N–H and O–H groups in total. The molecule has 2 heterocycles. The summed E-state index contributed by atoms with van der Waals surface area (Å²) in [6.07, 6.45) is 0. The van der Waals surface area contributed by atoms with Crippen LogP contribution in [0, 0.1) is 0 Å². The first-order valence-corrected chi connectivity index (χ1v) is 10.3. The molecule has 0 radical (unpaired) electrons. The van der Waals surface area contributed by atoms with Crippen molar-refractivity contribution in [2.45, 2.75) is 19.8 Å². The van der Waals surface area contributed by atoms with E-state index in [1.165, 1.54) is 5.56 Å². The van der Waals surface area contributed by atoms with Gasteiger partial charge in [-0.2, -0.15) is 4.98 Å². The summed E-state index contributed by atoms with van der Waals surface area (Å²) in [7, 11) is 2.16. The highest BCUT2D eigenvalue weighted by Crippen LogP contribution is 2.29. The summed E-state index contributed by atoms with van der Waals surface area (Å²) in [6, 6.07) is 20.8. The minimum atomic E-state index is 0.436. The van der Waals surface area contributed by atoms with Gasteiger partial charge in [-0.15, -0.1) is 0 Å². The van der Waals surface area contributed by atoms with Gasteiger partial charge >= 0.3 is 0 Å². The minimum absolute atomic E-state index is 0.436. The summed E-state index contributed by atoms with van der Waals surface area (Å²) in [5.74, 6) is 2.07. The number of aromatic nitrogens is 2. The van der Waals surface area contributed by atoms with Gasteiger partial charge in [0.25, 0.3) is 0 Å². The number of rotatable bonds is 5. The van der Waals surface area contributed by atoms with E-state index in [4.69, 9.17) is 9.97 Å². The van der Waals surface area contributed by atoms with Crippen molar-refractivity contribution in [3.8, 4) is 11.3 Å². The smallest absolute Gasteiger partial charge is 0.227 e. The second-order valence-electron chi connectivity index (χ2n) is 7.96. The lowest BCUT2D eigenvalue weighted by Gasteiger charge is -2.32. The zero-order valence-corrected chi connectivity index (χ0v) is 17.5. The lowest BCUT2D eigenvalue weighted by Crippen LogP contribution is -2.45. The quantitative estimate of drug-likeness (QED) is 0.684. The summed E-state index contributed by atoms with van der Waals surface area (Å²) < 4.78 is 0. The van der Waals surface area contributed by atoms with E-state index in [1.807, 2.05) is 24.3 Å². The second-order valence-corrected chi connectivity index (χ2v) is 7.96. The molecular formula is C24H29N5. The summed E-state index contributed by atoms with van der Waals surface area (Å²) in [5.41, 5.74) is 4.43. The monoisotopic (exact) mass is 387 g/mol. The van der Waals surface area contributed by atoms with Crippen LogP contribution < -0.4 is 10.2 Å². The van der Waals surface area contributed by atoms with Crippen LogP contribution in [0.2, 0.25) is 0 Å². The highest BCUT2D eigenvalue weighted by Gasteiger charge is 2.19. The Bertz CT molecular complexity index is 946. The van der Waals surface area contributed by atoms with Crippen molar-refractivity contribution in [2.24, 2.45) is 0 Å². The molecule has 1 aliphatic rings. The minimum Gasteiger partial charge on any atom is -0.340 e. The number of hydrogen-bond acceptors (Lipinski definition) is 5. The van der Waals surface area contributed by atoms with Gasteiger partial charge in [0.1, 0.15) is 5.82 Å². The van der Waals surface area contributed by atoms with E-state index in [-0.39, 0.29) is 0 Å². The molecule has 29 heavy (non-hydrogen) atoms. The molecule has 1 aliphatic heterocycles. The van der Waals surface area contributed by atoms with E-state index in [9.17, 15) is 0 Å². The lowest BCUT2D eigenvalue weighted by molar-refractivity contribution is 0.311. The van der Waals surface area contributed by atoms with Gasteiger partial charge in [-0.05, 0) is 24.6 Å². The van der Waals surface area contributed by atoms with E-state index in [0.29, 0.717) is 5.92 Å². The van der Waals surface area contributed by atoms with Crippen molar-refractivity contribution in [3.05, 3.63) is 66.2 Å². The van der Waals surface area contributed by atoms with Crippen molar-refractivity contribution in [1.29, 1.82) is 0 Å². The first-order chi connectivity index (χ1) is 14.1. The second kappa shape index (κ2) is 8.62. The third kappa shape index (κ3) is 4.57. The Kier molecular flexibility index (Phi) is 5.76. The molecule has 1 aromatic heterocycles. The van der Waals surface area contributed by atoms with Crippen molar-refractivity contribution < 1.29 is 0 Å². The van der Waals surface area contributed by atoms with Crippen LogP contribution in [0.3, 0.4) is 0 Å². The number of nitrogens with one attached hydrogen (secondary N) is 1. The molecule has 0 bridgehead atoms. The molecular weight excluding hydrogens is 358 g/mol. The largest absolute Gasteiger partial charge is 0.340 e. The maximum Gasteiger partial charge on any atom is 0.227 e. The summed E-state index contributed by atoms with van der Waals surface area (Å²) >= 11 is 0. The molecule has 0 atom stereocenters. The molecule has 1 saturated heterocycles. The highest BCUT2D eigenvalue weighted by atomic mass is 15.3. The van der Waals surface area contributed by atoms with Crippen LogP contribution in [0.4, 0.5) is 17.5 Å². The molecule has 5 heteroatoms. The Hall–Kier alpha value is -2.92. The zero-order valence-electron chi connectivity index (χ0n) is 17.5. The first kappa shape index (κ1) is 19.4. The van der Waals surface area contributed by atoms with Crippen molar-refractivity contribution >= 4 is 17.5 Å². The van der Waals surface area contributed by atoms with Crippen LogP contribution in [0.1, 0.15) is 25.3 Å². The van der Waals surface area contributed by atoms with E-state index < -0.39 is 0 Å². The number of hydrogen-bond donors (Lipinski definition) is 1. The number of anilines is 3. The van der Waals surface area contributed by atoms with Gasteiger partial charge in [0.05, 0.1) is 5.69 Å². The van der Waals surface area contributed by atoms with E-state index in [2.05, 4.69) is 72.4 Å². The van der Waals surface area contributed by atoms with E-state index in [0.717, 1.165) is 54.9 Å². The molecule has 0 spiro atoms. The average molecular weight is 388 g/mol. The van der Waals surface area contributed by atoms with Crippen molar-refractivity contribution in [2.75, 3.05) is 43.4 Å². The van der Waals surface area contributed by atoms with Crippen molar-refractivity contribution in [1.82, 2.24) is 14.9 Å². The highest BCUT2D eigenvalue weighted by molar-refractivity contribution is 5.69. The SMILES string of the molecule is CC(C)c1ccccc1Nc1cc(-c2ccccc2)nc(N2CCN(C)CC2)n1. The summed E-state index contributed by atoms with van der Waals surface area (Å²) in [6.45, 7) is 8.36. The Balaban J connectivity index is 1.72. The van der Waals surface area contributed by atoms with Gasteiger partial charge in [0.15, 0.2) is 0 Å². The van der Waals surface area contributed by atoms with Crippen LogP contribution in [-0.2, 0) is 0 Å². The fourth-order valence-electron chi connectivity index (χ4n) is 3.66. The maximum atomic E-state index is 4.91. The summed E-state index contributed by atoms with van der Waals surface area (Å²) in [5, 5.41) is 3.56. The molecule has 0 unspecified atom stereocenters. The third-order valence-electron chi connectivity index (χ3n) is 5.42. The molecule has 1 fully saturated rings. The average Bonchev–Trinajstić information content (AvgIpc) is 2.75. The molecule has 0 amide bonds. The molecule has 0 aliphatic carbocycles. The normalized spacial score (nSPS) is 15.0. The lowest BCUT2D eigenvalue weighted by atomic mass is 10.0. The number of likely N-dealkylation sites (N-methyl/N-ethyl adjacent to an activating group) is 1. The molecule has 150 valence electrons. The van der Waals surface area contributed by atoms with Gasteiger partial charge in [-0.1, -0.05) is 62.4 Å². The number of para-hydroxylation sites is 1.